The number of benzene rings is 1. The standard InChI is InChI=1S/C17H21N5O4/c1-19-15(11-16(23)20(2)17(19)24)21-9-7-12(8-10-21)18-13-5-3-4-6-14(13)22(25)26/h3-6,11-12,18H,7-10H2,1-2H3. The van der Waals surface area contributed by atoms with Crippen LogP contribution in [0.3, 0.4) is 0 Å². The Bertz CT molecular complexity index is 941. The molecule has 1 saturated heterocycles. The van der Waals surface area contributed by atoms with E-state index in [1.807, 2.05) is 4.90 Å². The molecule has 0 bridgehead atoms. The van der Waals surface area contributed by atoms with Gasteiger partial charge in [-0.3, -0.25) is 24.0 Å². The third-order valence-electron chi connectivity index (χ3n) is 4.78. The molecular formula is C17H21N5O4. The fourth-order valence-electron chi connectivity index (χ4n) is 3.25. The van der Waals surface area contributed by atoms with E-state index in [1.54, 1.807) is 25.2 Å². The van der Waals surface area contributed by atoms with Gasteiger partial charge < -0.3 is 10.2 Å². The number of para-hydroxylation sites is 2. The lowest BCUT2D eigenvalue weighted by molar-refractivity contribution is -0.384. The van der Waals surface area contributed by atoms with Crippen molar-refractivity contribution in [3.8, 4) is 0 Å². The molecule has 0 saturated carbocycles. The molecule has 26 heavy (non-hydrogen) atoms. The molecule has 1 aromatic heterocycles. The Balaban J connectivity index is 1.72. The average Bonchev–Trinajstić information content (AvgIpc) is 2.64. The molecule has 2 aromatic rings. The maximum Gasteiger partial charge on any atom is 0.332 e. The first-order valence-electron chi connectivity index (χ1n) is 8.40. The third-order valence-corrected chi connectivity index (χ3v) is 4.78. The van der Waals surface area contributed by atoms with Crippen molar-refractivity contribution in [1.29, 1.82) is 0 Å². The van der Waals surface area contributed by atoms with Crippen molar-refractivity contribution < 1.29 is 4.92 Å². The van der Waals surface area contributed by atoms with Crippen molar-refractivity contribution in [3.05, 3.63) is 61.3 Å². The predicted molar refractivity (Wildman–Crippen MR) is 98.9 cm³/mol. The van der Waals surface area contributed by atoms with Crippen LogP contribution in [-0.2, 0) is 14.1 Å². The highest BCUT2D eigenvalue weighted by Crippen LogP contribution is 2.26. The summed E-state index contributed by atoms with van der Waals surface area (Å²) < 4.78 is 2.55. The van der Waals surface area contributed by atoms with Crippen LogP contribution in [0.2, 0.25) is 0 Å². The van der Waals surface area contributed by atoms with E-state index in [9.17, 15) is 19.7 Å². The zero-order valence-corrected chi connectivity index (χ0v) is 14.7. The Labute approximate surface area is 149 Å². The molecule has 0 unspecified atom stereocenters. The normalized spacial score (nSPS) is 15.1. The summed E-state index contributed by atoms with van der Waals surface area (Å²) in [7, 11) is 3.10. The number of hydrogen-bond donors (Lipinski definition) is 1. The lowest BCUT2D eigenvalue weighted by Gasteiger charge is -2.34. The first-order chi connectivity index (χ1) is 12.4. The molecule has 138 valence electrons. The molecule has 9 heteroatoms. The maximum atomic E-state index is 12.1. The Morgan fingerprint density at radius 1 is 1.12 bits per heavy atom. The molecule has 9 nitrogen and oxygen atoms in total. The van der Waals surface area contributed by atoms with Crippen LogP contribution >= 0.6 is 0 Å². The molecule has 2 heterocycles. The van der Waals surface area contributed by atoms with E-state index < -0.39 is 4.92 Å². The zero-order chi connectivity index (χ0) is 18.8. The van der Waals surface area contributed by atoms with Crippen LogP contribution in [0, 0.1) is 10.1 Å². The minimum absolute atomic E-state index is 0.0592. The van der Waals surface area contributed by atoms with Gasteiger partial charge in [-0.15, -0.1) is 0 Å². The van der Waals surface area contributed by atoms with Crippen molar-refractivity contribution in [2.75, 3.05) is 23.3 Å². The summed E-state index contributed by atoms with van der Waals surface area (Å²) in [5, 5.41) is 14.4. The highest BCUT2D eigenvalue weighted by atomic mass is 16.6. The van der Waals surface area contributed by atoms with Crippen LogP contribution in [0.1, 0.15) is 12.8 Å². The monoisotopic (exact) mass is 359 g/mol. The van der Waals surface area contributed by atoms with Gasteiger partial charge in [-0.25, -0.2) is 4.79 Å². The molecule has 0 amide bonds. The summed E-state index contributed by atoms with van der Waals surface area (Å²) in [6.45, 7) is 1.30. The lowest BCUT2D eigenvalue weighted by atomic mass is 10.0. The number of aromatic nitrogens is 2. The number of hydrogen-bond acceptors (Lipinski definition) is 6. The molecule has 0 spiro atoms. The van der Waals surface area contributed by atoms with Gasteiger partial charge in [-0.1, -0.05) is 12.1 Å². The van der Waals surface area contributed by atoms with Crippen molar-refractivity contribution in [2.24, 2.45) is 14.1 Å². The Morgan fingerprint density at radius 2 is 1.77 bits per heavy atom. The van der Waals surface area contributed by atoms with Crippen molar-refractivity contribution in [1.82, 2.24) is 9.13 Å². The van der Waals surface area contributed by atoms with E-state index in [1.165, 1.54) is 23.7 Å². The van der Waals surface area contributed by atoms with Gasteiger partial charge in [0.25, 0.3) is 11.2 Å². The Hall–Kier alpha value is -3.10. The molecule has 1 aliphatic rings. The van der Waals surface area contributed by atoms with Crippen LogP contribution in [0.25, 0.3) is 0 Å². The van der Waals surface area contributed by atoms with Crippen molar-refractivity contribution in [3.63, 3.8) is 0 Å². The topological polar surface area (TPSA) is 102 Å². The van der Waals surface area contributed by atoms with E-state index in [2.05, 4.69) is 5.32 Å². The molecule has 0 atom stereocenters. The summed E-state index contributed by atoms with van der Waals surface area (Å²) in [6, 6.07) is 8.15. The fraction of sp³-hybridized carbons (Fsp3) is 0.412. The molecule has 3 rings (SSSR count). The lowest BCUT2D eigenvalue weighted by Crippen LogP contribution is -2.44. The van der Waals surface area contributed by atoms with Crippen LogP contribution < -0.4 is 21.5 Å². The second kappa shape index (κ2) is 7.03. The summed E-state index contributed by atoms with van der Waals surface area (Å²) in [4.78, 5) is 36.7. The number of rotatable bonds is 4. The quantitative estimate of drug-likeness (QED) is 0.647. The number of nitrogens with one attached hydrogen (secondary N) is 1. The van der Waals surface area contributed by atoms with Gasteiger partial charge in [0, 0.05) is 45.4 Å². The molecule has 1 aliphatic heterocycles. The van der Waals surface area contributed by atoms with Gasteiger partial charge in [0.15, 0.2) is 0 Å². The van der Waals surface area contributed by atoms with Gasteiger partial charge in [-0.05, 0) is 18.9 Å². The molecule has 0 radical (unpaired) electrons. The van der Waals surface area contributed by atoms with Gasteiger partial charge in [0.05, 0.1) is 4.92 Å². The van der Waals surface area contributed by atoms with E-state index >= 15 is 0 Å². The first-order valence-corrected chi connectivity index (χ1v) is 8.40. The van der Waals surface area contributed by atoms with Gasteiger partial charge >= 0.3 is 5.69 Å². The molecule has 1 aromatic carbocycles. The summed E-state index contributed by atoms with van der Waals surface area (Å²) >= 11 is 0. The second-order valence-electron chi connectivity index (χ2n) is 6.42. The van der Waals surface area contributed by atoms with E-state index in [0.717, 1.165) is 17.4 Å². The second-order valence-corrected chi connectivity index (χ2v) is 6.42. The van der Waals surface area contributed by atoms with Crippen molar-refractivity contribution in [2.45, 2.75) is 18.9 Å². The van der Waals surface area contributed by atoms with E-state index in [-0.39, 0.29) is 23.0 Å². The summed E-state index contributed by atoms with van der Waals surface area (Å²) in [5.74, 6) is 0.599. The van der Waals surface area contributed by atoms with Crippen LogP contribution in [0.15, 0.2) is 39.9 Å². The minimum atomic E-state index is -0.396. The number of nitrogens with zero attached hydrogens (tertiary/aromatic N) is 4. The van der Waals surface area contributed by atoms with E-state index in [4.69, 9.17) is 0 Å². The highest BCUT2D eigenvalue weighted by molar-refractivity contribution is 5.61. The van der Waals surface area contributed by atoms with Gasteiger partial charge in [0.2, 0.25) is 0 Å². The van der Waals surface area contributed by atoms with Crippen LogP contribution in [-0.4, -0.2) is 33.2 Å². The molecule has 0 aliphatic carbocycles. The SMILES string of the molecule is Cn1c(N2CCC(Nc3ccccc3[N+](=O)[O-])CC2)cc(=O)n(C)c1=O. The minimum Gasteiger partial charge on any atom is -0.377 e. The first kappa shape index (κ1) is 17.7. The zero-order valence-electron chi connectivity index (χ0n) is 14.7. The molecule has 1 N–H and O–H groups in total. The molecule has 1 fully saturated rings. The van der Waals surface area contributed by atoms with Gasteiger partial charge in [-0.2, -0.15) is 0 Å². The fourth-order valence-corrected chi connectivity index (χ4v) is 3.25. The maximum absolute atomic E-state index is 12.1. The van der Waals surface area contributed by atoms with Crippen LogP contribution in [0.4, 0.5) is 17.2 Å². The average molecular weight is 359 g/mol. The predicted octanol–water partition coefficient (Wildman–Crippen LogP) is 1.07. The Morgan fingerprint density at radius 3 is 2.42 bits per heavy atom. The number of nitro benzene ring substituents is 1. The number of anilines is 2. The summed E-state index contributed by atoms with van der Waals surface area (Å²) in [6.07, 6.45) is 1.49. The number of nitro groups is 1. The highest BCUT2D eigenvalue weighted by Gasteiger charge is 2.23. The van der Waals surface area contributed by atoms with Crippen molar-refractivity contribution >= 4 is 17.2 Å². The number of piperidine rings is 1. The third kappa shape index (κ3) is 3.32. The largest absolute Gasteiger partial charge is 0.377 e. The Kier molecular flexibility index (Phi) is 4.79. The smallest absolute Gasteiger partial charge is 0.332 e. The van der Waals surface area contributed by atoms with E-state index in [0.29, 0.717) is 24.6 Å². The molecular weight excluding hydrogens is 338 g/mol. The summed E-state index contributed by atoms with van der Waals surface area (Å²) in [5.41, 5.74) is -0.114. The van der Waals surface area contributed by atoms with Gasteiger partial charge in [0.1, 0.15) is 11.5 Å². The van der Waals surface area contributed by atoms with Crippen LogP contribution in [0.5, 0.6) is 0 Å².